The fraction of sp³-hybridized carbons (Fsp3) is 0.571. The van der Waals surface area contributed by atoms with Gasteiger partial charge >= 0.3 is 0 Å². The van der Waals surface area contributed by atoms with E-state index >= 15 is 0 Å². The summed E-state index contributed by atoms with van der Waals surface area (Å²) < 4.78 is 34.9. The van der Waals surface area contributed by atoms with Crippen molar-refractivity contribution in [2.45, 2.75) is 82.1 Å². The third-order valence-corrected chi connectivity index (χ3v) is 10.7. The van der Waals surface area contributed by atoms with Crippen LogP contribution in [0.25, 0.3) is 0 Å². The van der Waals surface area contributed by atoms with Gasteiger partial charge in [-0.05, 0) is 74.2 Å². The van der Waals surface area contributed by atoms with Gasteiger partial charge in [0.1, 0.15) is 18.6 Å². The molecule has 5 aliphatic rings. The Labute approximate surface area is 264 Å². The lowest BCUT2D eigenvalue weighted by atomic mass is 9.89. The third-order valence-electron chi connectivity index (χ3n) is 10.7. The van der Waals surface area contributed by atoms with Crippen LogP contribution >= 0.6 is 0 Å². The Morgan fingerprint density at radius 2 is 1.93 bits per heavy atom. The van der Waals surface area contributed by atoms with Gasteiger partial charge in [0.15, 0.2) is 5.83 Å². The van der Waals surface area contributed by atoms with Crippen LogP contribution in [0.2, 0.25) is 0 Å². The number of fused-ring (bicyclic) bond motifs is 3. The number of anilines is 2. The molecular weight excluding hydrogens is 574 g/mol. The molecule has 4 aliphatic heterocycles. The first-order valence-electron chi connectivity index (χ1n) is 16.5. The summed E-state index contributed by atoms with van der Waals surface area (Å²) in [7, 11) is 0. The van der Waals surface area contributed by atoms with Gasteiger partial charge in [-0.2, -0.15) is 10.2 Å². The zero-order valence-corrected chi connectivity index (χ0v) is 25.9. The van der Waals surface area contributed by atoms with Crippen LogP contribution in [0.4, 0.5) is 20.3 Å². The number of aromatic nitrogens is 1. The van der Waals surface area contributed by atoms with Gasteiger partial charge in [-0.15, -0.1) is 0 Å². The molecule has 0 N–H and O–H groups in total. The van der Waals surface area contributed by atoms with Crippen molar-refractivity contribution in [3.63, 3.8) is 0 Å². The number of benzene rings is 1. The standard InChI is InChI=1S/C35H42F2N6O2/c1-24(36)34(44)43-17-16-41(22-28(43)10-13-38)33-30-11-15-40(31-9-4-7-25-6-2-3-8-29(25)31)20-26(30)18-32(39-33)45-23-35-12-5-14-42(35)21-27(37)19-35/h4,7,9,18,27-28H,1-3,5-6,8,10-12,14-17,19-23H2/t27-,28+,35?/m1/s1. The van der Waals surface area contributed by atoms with Crippen LogP contribution in [0.5, 0.6) is 5.88 Å². The quantitative estimate of drug-likeness (QED) is 0.410. The fourth-order valence-electron chi connectivity index (χ4n) is 8.54. The van der Waals surface area contributed by atoms with Crippen LogP contribution in [-0.4, -0.2) is 84.3 Å². The first-order chi connectivity index (χ1) is 21.8. The number of alkyl halides is 1. The molecule has 0 saturated carbocycles. The summed E-state index contributed by atoms with van der Waals surface area (Å²) in [6.07, 6.45) is 7.20. The second-order valence-corrected chi connectivity index (χ2v) is 13.4. The number of hydrogen-bond acceptors (Lipinski definition) is 7. The highest BCUT2D eigenvalue weighted by molar-refractivity contribution is 5.91. The first kappa shape index (κ1) is 30.0. The predicted molar refractivity (Wildman–Crippen MR) is 169 cm³/mol. The van der Waals surface area contributed by atoms with Crippen LogP contribution < -0.4 is 14.5 Å². The topological polar surface area (TPSA) is 75.9 Å². The number of aryl methyl sites for hydroxylation is 1. The number of pyridine rings is 1. The van der Waals surface area contributed by atoms with Crippen molar-refractivity contribution < 1.29 is 18.3 Å². The number of nitrogens with zero attached hydrogens (tertiary/aromatic N) is 6. The van der Waals surface area contributed by atoms with E-state index in [-0.39, 0.29) is 18.5 Å². The van der Waals surface area contributed by atoms with Gasteiger partial charge in [-0.1, -0.05) is 18.7 Å². The minimum Gasteiger partial charge on any atom is -0.476 e. The molecule has 5 heterocycles. The lowest BCUT2D eigenvalue weighted by molar-refractivity contribution is -0.131. The average Bonchev–Trinajstić information content (AvgIpc) is 3.58. The van der Waals surface area contributed by atoms with Crippen molar-refractivity contribution in [3.8, 4) is 11.9 Å². The molecule has 1 unspecified atom stereocenters. The SMILES string of the molecule is C=C(F)C(=O)N1CCN(c2nc(OCC34CCCN3C[C@H](F)C4)cc3c2CCN(c2cccc4c2CCCC4)C3)C[C@@H]1CC#N. The van der Waals surface area contributed by atoms with Crippen molar-refractivity contribution in [1.82, 2.24) is 14.8 Å². The van der Waals surface area contributed by atoms with Crippen LogP contribution in [0.15, 0.2) is 36.7 Å². The summed E-state index contributed by atoms with van der Waals surface area (Å²) in [6.45, 7) is 7.64. The lowest BCUT2D eigenvalue weighted by Crippen LogP contribution is -2.55. The number of amides is 1. The van der Waals surface area contributed by atoms with E-state index in [9.17, 15) is 18.8 Å². The van der Waals surface area contributed by atoms with Crippen molar-refractivity contribution in [3.05, 3.63) is 58.9 Å². The zero-order chi connectivity index (χ0) is 31.1. The van der Waals surface area contributed by atoms with Crippen LogP contribution in [0, 0.1) is 11.3 Å². The maximum atomic E-state index is 14.5. The van der Waals surface area contributed by atoms with Crippen LogP contribution in [0.3, 0.4) is 0 Å². The third kappa shape index (κ3) is 5.65. The van der Waals surface area contributed by atoms with Crippen molar-refractivity contribution in [2.24, 2.45) is 0 Å². The molecule has 238 valence electrons. The minimum absolute atomic E-state index is 0.0869. The number of hydrogen-bond donors (Lipinski definition) is 0. The summed E-state index contributed by atoms with van der Waals surface area (Å²) in [4.78, 5) is 25.9. The summed E-state index contributed by atoms with van der Waals surface area (Å²) in [5, 5.41) is 9.54. The van der Waals surface area contributed by atoms with E-state index in [0.717, 1.165) is 68.7 Å². The molecule has 1 aromatic heterocycles. The van der Waals surface area contributed by atoms with Crippen molar-refractivity contribution in [1.29, 1.82) is 5.26 Å². The lowest BCUT2D eigenvalue weighted by Gasteiger charge is -2.42. The Balaban J connectivity index is 1.21. The number of nitriles is 1. The largest absolute Gasteiger partial charge is 0.476 e. The molecule has 45 heavy (non-hydrogen) atoms. The van der Waals surface area contributed by atoms with Crippen molar-refractivity contribution in [2.75, 3.05) is 55.7 Å². The zero-order valence-electron chi connectivity index (χ0n) is 25.9. The Morgan fingerprint density at radius 1 is 1.07 bits per heavy atom. The Hall–Kier alpha value is -3.71. The Morgan fingerprint density at radius 3 is 2.78 bits per heavy atom. The van der Waals surface area contributed by atoms with E-state index in [1.54, 1.807) is 0 Å². The normalized spacial score (nSPS) is 26.2. The summed E-state index contributed by atoms with van der Waals surface area (Å²) in [5.74, 6) is -0.436. The van der Waals surface area contributed by atoms with E-state index in [4.69, 9.17) is 9.72 Å². The number of piperazine rings is 1. The van der Waals surface area contributed by atoms with E-state index in [2.05, 4.69) is 51.6 Å². The maximum absolute atomic E-state index is 14.5. The smallest absolute Gasteiger partial charge is 0.282 e. The monoisotopic (exact) mass is 616 g/mol. The van der Waals surface area contributed by atoms with Gasteiger partial charge in [0.05, 0.1) is 24.1 Å². The number of carbonyl (C=O) groups is 1. The van der Waals surface area contributed by atoms with Gasteiger partial charge in [0.25, 0.3) is 5.91 Å². The van der Waals surface area contributed by atoms with Gasteiger partial charge < -0.3 is 19.4 Å². The molecule has 3 saturated heterocycles. The predicted octanol–water partition coefficient (Wildman–Crippen LogP) is 4.89. The average molecular weight is 617 g/mol. The minimum atomic E-state index is -1.01. The van der Waals surface area contributed by atoms with Gasteiger partial charge in [0.2, 0.25) is 5.88 Å². The molecule has 3 fully saturated rings. The molecule has 2 aromatic rings. The molecule has 0 bridgehead atoms. The molecule has 10 heteroatoms. The number of carbonyl (C=O) groups excluding carboxylic acids is 1. The highest BCUT2D eigenvalue weighted by Gasteiger charge is 2.49. The van der Waals surface area contributed by atoms with Crippen LogP contribution in [-0.2, 0) is 30.6 Å². The van der Waals surface area contributed by atoms with Crippen LogP contribution in [0.1, 0.15) is 60.8 Å². The molecule has 1 aromatic carbocycles. The van der Waals surface area contributed by atoms with E-state index in [0.29, 0.717) is 38.5 Å². The highest BCUT2D eigenvalue weighted by Crippen LogP contribution is 2.41. The molecule has 0 spiro atoms. The first-order valence-corrected chi connectivity index (χ1v) is 16.5. The molecule has 0 radical (unpaired) electrons. The number of rotatable bonds is 7. The molecule has 3 atom stereocenters. The molecule has 1 aliphatic carbocycles. The summed E-state index contributed by atoms with van der Waals surface area (Å²) in [5.41, 5.74) is 6.25. The Kier molecular flexibility index (Phi) is 8.15. The maximum Gasteiger partial charge on any atom is 0.282 e. The highest BCUT2D eigenvalue weighted by atomic mass is 19.1. The fourth-order valence-corrected chi connectivity index (χ4v) is 8.54. The molecular formula is C35H42F2N6O2. The second kappa shape index (κ2) is 12.2. The van der Waals surface area contributed by atoms with Gasteiger partial charge in [-0.25, -0.2) is 8.78 Å². The van der Waals surface area contributed by atoms with Gasteiger partial charge in [0, 0.05) is 63.0 Å². The van der Waals surface area contributed by atoms with Gasteiger partial charge in [-0.3, -0.25) is 9.69 Å². The van der Waals surface area contributed by atoms with E-state index in [1.807, 2.05) is 0 Å². The molecule has 1 amide bonds. The van der Waals surface area contributed by atoms with Crippen molar-refractivity contribution >= 4 is 17.4 Å². The second-order valence-electron chi connectivity index (χ2n) is 13.4. The van der Waals surface area contributed by atoms with E-state index < -0.39 is 23.9 Å². The number of halogens is 2. The summed E-state index contributed by atoms with van der Waals surface area (Å²) in [6, 6.07) is 10.4. The Bertz CT molecular complexity index is 1530. The summed E-state index contributed by atoms with van der Waals surface area (Å²) >= 11 is 0. The molecule has 8 nitrogen and oxygen atoms in total. The van der Waals surface area contributed by atoms with E-state index in [1.165, 1.54) is 34.6 Å². The molecule has 7 rings (SSSR count). The number of ether oxygens (including phenoxy) is 1.